The number of para-hydroxylation sites is 1. The van der Waals surface area contributed by atoms with E-state index in [1.54, 1.807) is 16.7 Å². The lowest BCUT2D eigenvalue weighted by atomic mass is 10.1. The molecular weight excluding hydrogens is 384 g/mol. The minimum absolute atomic E-state index is 0.0321. The SMILES string of the molecule is Cc1cccc(NC(=O)C2CSCN2C(=O)Cc2ccccc2OC(C)C)c1C. The summed E-state index contributed by atoms with van der Waals surface area (Å²) in [5.74, 6) is 1.66. The number of thioether (sulfide) groups is 1. The van der Waals surface area contributed by atoms with Crippen LogP contribution < -0.4 is 10.1 Å². The molecule has 6 heteroatoms. The first-order chi connectivity index (χ1) is 13.9. The number of carbonyl (C=O) groups is 2. The number of amides is 2. The Morgan fingerprint density at radius 1 is 1.17 bits per heavy atom. The molecule has 0 aliphatic carbocycles. The highest BCUT2D eigenvalue weighted by Gasteiger charge is 2.35. The molecule has 154 valence electrons. The average Bonchev–Trinajstić information content (AvgIpc) is 3.17. The van der Waals surface area contributed by atoms with Gasteiger partial charge in [-0.05, 0) is 51.0 Å². The van der Waals surface area contributed by atoms with E-state index in [-0.39, 0.29) is 24.3 Å². The van der Waals surface area contributed by atoms with Crippen molar-refractivity contribution in [2.24, 2.45) is 0 Å². The Morgan fingerprint density at radius 3 is 2.69 bits per heavy atom. The molecular formula is C23H28N2O3S. The number of carbonyl (C=O) groups excluding carboxylic acids is 2. The lowest BCUT2D eigenvalue weighted by Crippen LogP contribution is -2.45. The molecule has 1 atom stereocenters. The number of anilines is 1. The molecule has 2 amide bonds. The topological polar surface area (TPSA) is 58.6 Å². The molecule has 1 fully saturated rings. The summed E-state index contributed by atoms with van der Waals surface area (Å²) in [5, 5.41) is 3.01. The summed E-state index contributed by atoms with van der Waals surface area (Å²) >= 11 is 1.60. The predicted octanol–water partition coefficient (Wildman–Crippen LogP) is 4.17. The van der Waals surface area contributed by atoms with Crippen LogP contribution in [0.5, 0.6) is 5.75 Å². The van der Waals surface area contributed by atoms with Crippen LogP contribution in [0, 0.1) is 13.8 Å². The van der Waals surface area contributed by atoms with Gasteiger partial charge in [0.2, 0.25) is 11.8 Å². The fourth-order valence-electron chi connectivity index (χ4n) is 3.29. The van der Waals surface area contributed by atoms with E-state index < -0.39 is 6.04 Å². The van der Waals surface area contributed by atoms with Crippen LogP contribution in [0.4, 0.5) is 5.69 Å². The van der Waals surface area contributed by atoms with Gasteiger partial charge >= 0.3 is 0 Å². The Labute approximate surface area is 176 Å². The second-order valence-corrected chi connectivity index (χ2v) is 8.57. The number of nitrogens with zero attached hydrogens (tertiary/aromatic N) is 1. The first-order valence-electron chi connectivity index (χ1n) is 9.85. The summed E-state index contributed by atoms with van der Waals surface area (Å²) in [6.45, 7) is 7.93. The lowest BCUT2D eigenvalue weighted by Gasteiger charge is -2.24. The van der Waals surface area contributed by atoms with Crippen LogP contribution in [0.1, 0.15) is 30.5 Å². The summed E-state index contributed by atoms with van der Waals surface area (Å²) in [4.78, 5) is 27.6. The molecule has 0 saturated carbocycles. The van der Waals surface area contributed by atoms with Crippen LogP contribution in [-0.2, 0) is 16.0 Å². The van der Waals surface area contributed by atoms with Crippen LogP contribution in [0.25, 0.3) is 0 Å². The van der Waals surface area contributed by atoms with E-state index in [4.69, 9.17) is 4.74 Å². The van der Waals surface area contributed by atoms with Crippen molar-refractivity contribution in [1.82, 2.24) is 4.90 Å². The van der Waals surface area contributed by atoms with Crippen molar-refractivity contribution in [3.63, 3.8) is 0 Å². The maximum atomic E-state index is 13.0. The zero-order valence-electron chi connectivity index (χ0n) is 17.4. The van der Waals surface area contributed by atoms with E-state index in [9.17, 15) is 9.59 Å². The number of benzene rings is 2. The normalized spacial score (nSPS) is 16.2. The molecule has 0 spiro atoms. The Bertz CT molecular complexity index is 897. The van der Waals surface area contributed by atoms with Crippen LogP contribution in [0.15, 0.2) is 42.5 Å². The van der Waals surface area contributed by atoms with Crippen LogP contribution in [0.2, 0.25) is 0 Å². The number of aryl methyl sites for hydroxylation is 1. The van der Waals surface area contributed by atoms with Crippen molar-refractivity contribution in [1.29, 1.82) is 0 Å². The zero-order chi connectivity index (χ0) is 21.0. The third-order valence-electron chi connectivity index (χ3n) is 5.04. The predicted molar refractivity (Wildman–Crippen MR) is 118 cm³/mol. The highest BCUT2D eigenvalue weighted by atomic mass is 32.2. The standard InChI is InChI=1S/C23H28N2O3S/c1-15(2)28-21-11-6-5-9-18(21)12-22(26)25-14-29-13-20(25)23(27)24-19-10-7-8-16(3)17(19)4/h5-11,15,20H,12-14H2,1-4H3,(H,24,27). The molecule has 5 nitrogen and oxygen atoms in total. The van der Waals surface area contributed by atoms with Gasteiger partial charge in [-0.2, -0.15) is 0 Å². The third kappa shape index (κ3) is 5.12. The molecule has 0 radical (unpaired) electrons. The van der Waals surface area contributed by atoms with Crippen LogP contribution in [-0.4, -0.2) is 40.5 Å². The molecule has 2 aromatic carbocycles. The van der Waals surface area contributed by atoms with Crippen molar-refractivity contribution in [2.45, 2.75) is 46.3 Å². The number of hydrogen-bond donors (Lipinski definition) is 1. The van der Waals surface area contributed by atoms with Gasteiger partial charge in [-0.15, -0.1) is 11.8 Å². The summed E-state index contributed by atoms with van der Waals surface area (Å²) in [5.41, 5.74) is 3.81. The van der Waals surface area contributed by atoms with Gasteiger partial charge in [0, 0.05) is 17.0 Å². The Hall–Kier alpha value is -2.47. The van der Waals surface area contributed by atoms with Gasteiger partial charge in [0.1, 0.15) is 11.8 Å². The molecule has 29 heavy (non-hydrogen) atoms. The smallest absolute Gasteiger partial charge is 0.248 e. The molecule has 0 aromatic heterocycles. The molecule has 3 rings (SSSR count). The minimum Gasteiger partial charge on any atom is -0.491 e. The highest BCUT2D eigenvalue weighted by Crippen LogP contribution is 2.26. The first kappa shape index (κ1) is 21.2. The average molecular weight is 413 g/mol. The van der Waals surface area contributed by atoms with E-state index in [1.807, 2.05) is 70.2 Å². The number of nitrogens with one attached hydrogen (secondary N) is 1. The molecule has 1 heterocycles. The Morgan fingerprint density at radius 2 is 1.93 bits per heavy atom. The van der Waals surface area contributed by atoms with Gasteiger partial charge in [0.25, 0.3) is 0 Å². The van der Waals surface area contributed by atoms with Gasteiger partial charge in [0.05, 0.1) is 18.4 Å². The van der Waals surface area contributed by atoms with Crippen molar-refractivity contribution >= 4 is 29.3 Å². The first-order valence-corrected chi connectivity index (χ1v) is 11.0. The van der Waals surface area contributed by atoms with Crippen molar-refractivity contribution in [2.75, 3.05) is 16.9 Å². The second-order valence-electron chi connectivity index (χ2n) is 7.57. The van der Waals surface area contributed by atoms with Gasteiger partial charge in [0.15, 0.2) is 0 Å². The lowest BCUT2D eigenvalue weighted by molar-refractivity contribution is -0.135. The number of ether oxygens (including phenoxy) is 1. The van der Waals surface area contributed by atoms with Gasteiger partial charge < -0.3 is 15.0 Å². The van der Waals surface area contributed by atoms with E-state index in [0.717, 1.165) is 28.1 Å². The maximum Gasteiger partial charge on any atom is 0.248 e. The summed E-state index contributed by atoms with van der Waals surface area (Å²) in [6.07, 6.45) is 0.251. The van der Waals surface area contributed by atoms with E-state index in [1.165, 1.54) is 0 Å². The fraction of sp³-hybridized carbons (Fsp3) is 0.391. The van der Waals surface area contributed by atoms with Crippen LogP contribution in [0.3, 0.4) is 0 Å². The van der Waals surface area contributed by atoms with Gasteiger partial charge in [-0.25, -0.2) is 0 Å². The molecule has 1 N–H and O–H groups in total. The van der Waals surface area contributed by atoms with Crippen LogP contribution >= 0.6 is 11.8 Å². The number of hydrogen-bond acceptors (Lipinski definition) is 4. The molecule has 0 bridgehead atoms. The molecule has 2 aromatic rings. The Kier molecular flexibility index (Phi) is 6.85. The third-order valence-corrected chi connectivity index (χ3v) is 6.06. The van der Waals surface area contributed by atoms with Gasteiger partial charge in [-0.3, -0.25) is 9.59 Å². The molecule has 1 aliphatic heterocycles. The van der Waals surface area contributed by atoms with E-state index >= 15 is 0 Å². The highest BCUT2D eigenvalue weighted by molar-refractivity contribution is 7.99. The summed E-state index contributed by atoms with van der Waals surface area (Å²) < 4.78 is 5.83. The fourth-order valence-corrected chi connectivity index (χ4v) is 4.47. The quantitative estimate of drug-likeness (QED) is 0.774. The molecule has 1 saturated heterocycles. The maximum absolute atomic E-state index is 13.0. The van der Waals surface area contributed by atoms with E-state index in [2.05, 4.69) is 5.32 Å². The Balaban J connectivity index is 1.71. The van der Waals surface area contributed by atoms with Crippen molar-refractivity contribution in [3.05, 3.63) is 59.2 Å². The zero-order valence-corrected chi connectivity index (χ0v) is 18.2. The minimum atomic E-state index is -0.467. The summed E-state index contributed by atoms with van der Waals surface area (Å²) in [6, 6.07) is 13.0. The van der Waals surface area contributed by atoms with E-state index in [0.29, 0.717) is 11.6 Å². The van der Waals surface area contributed by atoms with Crippen molar-refractivity contribution in [3.8, 4) is 5.75 Å². The summed E-state index contributed by atoms with van der Waals surface area (Å²) in [7, 11) is 0. The number of rotatable bonds is 6. The van der Waals surface area contributed by atoms with Crippen molar-refractivity contribution < 1.29 is 14.3 Å². The monoisotopic (exact) mass is 412 g/mol. The molecule has 1 aliphatic rings. The largest absolute Gasteiger partial charge is 0.491 e. The van der Waals surface area contributed by atoms with Gasteiger partial charge in [-0.1, -0.05) is 30.3 Å². The molecule has 1 unspecified atom stereocenters. The second kappa shape index (κ2) is 9.35.